The van der Waals surface area contributed by atoms with Crippen LogP contribution >= 0.6 is 22.7 Å². The van der Waals surface area contributed by atoms with E-state index in [0.717, 1.165) is 4.70 Å². The fourth-order valence-corrected chi connectivity index (χ4v) is 6.25. The minimum atomic E-state index is -0.995. The maximum absolute atomic E-state index is 13.9. The van der Waals surface area contributed by atoms with Crippen molar-refractivity contribution in [1.29, 1.82) is 0 Å². The summed E-state index contributed by atoms with van der Waals surface area (Å²) in [4.78, 5) is 38.1. The third-order valence-electron chi connectivity index (χ3n) is 6.09. The molecule has 11 heteroatoms. The minimum Gasteiger partial charge on any atom is -0.503 e. The van der Waals surface area contributed by atoms with E-state index in [1.807, 2.05) is 6.07 Å². The van der Waals surface area contributed by atoms with Crippen LogP contribution in [0, 0.1) is 13.8 Å². The monoisotopic (exact) mass is 537 g/mol. The van der Waals surface area contributed by atoms with Crippen LogP contribution in [0.2, 0.25) is 0 Å². The molecule has 0 aliphatic carbocycles. The van der Waals surface area contributed by atoms with Crippen LogP contribution in [-0.4, -0.2) is 48.1 Å². The molecular weight excluding hydrogens is 514 g/mol. The Morgan fingerprint density at radius 2 is 1.68 bits per heavy atom. The van der Waals surface area contributed by atoms with Crippen LogP contribution in [0.5, 0.6) is 17.2 Å². The van der Waals surface area contributed by atoms with Gasteiger partial charge in [0.2, 0.25) is 5.78 Å². The summed E-state index contributed by atoms with van der Waals surface area (Å²) < 4.78 is 17.1. The Kier molecular flexibility index (Phi) is 6.34. The van der Waals surface area contributed by atoms with Crippen molar-refractivity contribution < 1.29 is 28.9 Å². The van der Waals surface area contributed by atoms with Gasteiger partial charge in [-0.3, -0.25) is 14.5 Å². The smallest absolute Gasteiger partial charge is 0.296 e. The lowest BCUT2D eigenvalue weighted by Crippen LogP contribution is -2.31. The minimum absolute atomic E-state index is 0.0583. The zero-order valence-corrected chi connectivity index (χ0v) is 22.3. The van der Waals surface area contributed by atoms with Crippen LogP contribution in [0.4, 0.5) is 5.13 Å². The fraction of sp³-hybridized carbons (Fsp3) is 0.231. The van der Waals surface area contributed by atoms with Gasteiger partial charge in [0.1, 0.15) is 23.3 Å². The standard InChI is InChI=1S/C26H23N3O6S2/c1-12-24(36-13(2)27-12)22(30)20-21(16-8-6-14(33-3)10-18(16)35-5)29(25(32)23(20)31)26-28-17-9-7-15(34-4)11-19(17)37-26/h6-11,21,31H,1-5H3. The Morgan fingerprint density at radius 3 is 2.32 bits per heavy atom. The largest absolute Gasteiger partial charge is 0.503 e. The van der Waals surface area contributed by atoms with Crippen LogP contribution in [0.25, 0.3) is 10.2 Å². The lowest BCUT2D eigenvalue weighted by molar-refractivity contribution is -0.117. The number of rotatable bonds is 7. The quantitative estimate of drug-likeness (QED) is 0.321. The lowest BCUT2D eigenvalue weighted by Gasteiger charge is -2.26. The van der Waals surface area contributed by atoms with E-state index < -0.39 is 23.5 Å². The molecule has 190 valence electrons. The Labute approximate surface area is 220 Å². The van der Waals surface area contributed by atoms with Gasteiger partial charge < -0.3 is 19.3 Å². The number of amides is 1. The number of anilines is 1. The zero-order valence-electron chi connectivity index (χ0n) is 20.7. The number of hydrogen-bond acceptors (Lipinski definition) is 10. The number of ketones is 1. The first-order valence-electron chi connectivity index (χ1n) is 11.2. The van der Waals surface area contributed by atoms with Crippen LogP contribution in [0.3, 0.4) is 0 Å². The number of nitrogens with zero attached hydrogens (tertiary/aromatic N) is 3. The molecule has 0 saturated heterocycles. The van der Waals surface area contributed by atoms with Crippen LogP contribution in [0.15, 0.2) is 47.7 Å². The third-order valence-corrected chi connectivity index (χ3v) is 8.18. The van der Waals surface area contributed by atoms with Crippen molar-refractivity contribution in [1.82, 2.24) is 9.97 Å². The molecule has 4 aromatic rings. The summed E-state index contributed by atoms with van der Waals surface area (Å²) >= 11 is 2.47. The summed E-state index contributed by atoms with van der Waals surface area (Å²) in [7, 11) is 4.60. The van der Waals surface area contributed by atoms with E-state index >= 15 is 0 Å². The summed E-state index contributed by atoms with van der Waals surface area (Å²) in [6.07, 6.45) is 0. The van der Waals surface area contributed by atoms with Crippen molar-refractivity contribution in [2.24, 2.45) is 0 Å². The van der Waals surface area contributed by atoms with Crippen molar-refractivity contribution in [3.05, 3.63) is 68.9 Å². The van der Waals surface area contributed by atoms with Crippen LogP contribution < -0.4 is 19.1 Å². The maximum Gasteiger partial charge on any atom is 0.296 e. The van der Waals surface area contributed by atoms with E-state index in [1.165, 1.54) is 41.8 Å². The Balaban J connectivity index is 1.72. The summed E-state index contributed by atoms with van der Waals surface area (Å²) in [5.74, 6) is -0.245. The highest BCUT2D eigenvalue weighted by Gasteiger charge is 2.47. The highest BCUT2D eigenvalue weighted by Crippen LogP contribution is 2.47. The molecule has 1 aliphatic heterocycles. The second kappa shape index (κ2) is 9.49. The number of thiazole rings is 2. The molecule has 0 fully saturated rings. The molecule has 2 aromatic carbocycles. The molecular formula is C26H23N3O6S2. The molecule has 1 N–H and O–H groups in total. The third kappa shape index (κ3) is 4.09. The van der Waals surface area contributed by atoms with Gasteiger partial charge >= 0.3 is 0 Å². The highest BCUT2D eigenvalue weighted by molar-refractivity contribution is 7.22. The van der Waals surface area contributed by atoms with E-state index in [4.69, 9.17) is 14.2 Å². The maximum atomic E-state index is 13.9. The SMILES string of the molecule is COc1ccc(C2C(C(=O)c3sc(C)nc3C)=C(O)C(=O)N2c2nc3ccc(OC)cc3s2)c(OC)c1. The molecule has 1 unspecified atom stereocenters. The number of carbonyl (C=O) groups excluding carboxylic acids is 2. The number of Topliss-reactive ketones (excluding diaryl/α,β-unsaturated/α-hetero) is 1. The van der Waals surface area contributed by atoms with Crippen LogP contribution in [-0.2, 0) is 4.79 Å². The molecule has 9 nitrogen and oxygen atoms in total. The topological polar surface area (TPSA) is 111 Å². The van der Waals surface area contributed by atoms with E-state index in [2.05, 4.69) is 9.97 Å². The number of aliphatic hydroxyl groups is 1. The number of benzene rings is 2. The van der Waals surface area contributed by atoms with Crippen molar-refractivity contribution in [3.8, 4) is 17.2 Å². The van der Waals surface area contributed by atoms with Gasteiger partial charge in [-0.25, -0.2) is 9.97 Å². The molecule has 0 radical (unpaired) electrons. The molecule has 1 atom stereocenters. The van der Waals surface area contributed by atoms with Crippen molar-refractivity contribution in [2.75, 3.05) is 26.2 Å². The van der Waals surface area contributed by atoms with Gasteiger partial charge in [0, 0.05) is 11.6 Å². The predicted octanol–water partition coefficient (Wildman–Crippen LogP) is 5.18. The first kappa shape index (κ1) is 24.7. The highest BCUT2D eigenvalue weighted by atomic mass is 32.1. The molecule has 1 amide bonds. The molecule has 0 bridgehead atoms. The lowest BCUT2D eigenvalue weighted by atomic mass is 9.94. The zero-order chi connectivity index (χ0) is 26.4. The number of methoxy groups -OCH3 is 3. The summed E-state index contributed by atoms with van der Waals surface area (Å²) in [6, 6.07) is 9.50. The fourth-order valence-electron chi connectivity index (χ4n) is 4.36. The second-order valence-electron chi connectivity index (χ2n) is 8.25. The predicted molar refractivity (Wildman–Crippen MR) is 142 cm³/mol. The molecule has 37 heavy (non-hydrogen) atoms. The van der Waals surface area contributed by atoms with Gasteiger partial charge in [-0.05, 0) is 44.2 Å². The molecule has 2 aromatic heterocycles. The van der Waals surface area contributed by atoms with Gasteiger partial charge in [0.25, 0.3) is 5.91 Å². The second-order valence-corrected chi connectivity index (χ2v) is 10.5. The molecule has 1 aliphatic rings. The normalized spacial score (nSPS) is 15.5. The molecule has 5 rings (SSSR count). The number of aliphatic hydroxyl groups excluding tert-OH is 1. The van der Waals surface area contributed by atoms with Gasteiger partial charge in [-0.15, -0.1) is 11.3 Å². The van der Waals surface area contributed by atoms with Crippen molar-refractivity contribution in [3.63, 3.8) is 0 Å². The van der Waals surface area contributed by atoms with Gasteiger partial charge in [0.05, 0.1) is 52.7 Å². The van der Waals surface area contributed by atoms with Crippen molar-refractivity contribution >= 4 is 49.7 Å². The summed E-state index contributed by atoms with van der Waals surface area (Å²) in [5.41, 5.74) is 1.63. The number of fused-ring (bicyclic) bond motifs is 1. The number of carbonyl (C=O) groups is 2. The molecule has 0 saturated carbocycles. The summed E-state index contributed by atoms with van der Waals surface area (Å²) in [6.45, 7) is 3.53. The average molecular weight is 538 g/mol. The number of aryl methyl sites for hydroxylation is 2. The van der Waals surface area contributed by atoms with E-state index in [1.54, 1.807) is 51.3 Å². The Morgan fingerprint density at radius 1 is 0.973 bits per heavy atom. The van der Waals surface area contributed by atoms with E-state index in [9.17, 15) is 14.7 Å². The van der Waals surface area contributed by atoms with Crippen molar-refractivity contribution in [2.45, 2.75) is 19.9 Å². The molecule has 0 spiro atoms. The number of ether oxygens (including phenoxy) is 3. The van der Waals surface area contributed by atoms with Gasteiger partial charge in [0.15, 0.2) is 10.9 Å². The summed E-state index contributed by atoms with van der Waals surface area (Å²) in [5, 5.41) is 12.1. The van der Waals surface area contributed by atoms with Crippen LogP contribution in [0.1, 0.15) is 32.0 Å². The van der Waals surface area contributed by atoms with E-state index in [0.29, 0.717) is 49.0 Å². The Bertz CT molecular complexity index is 1590. The first-order valence-corrected chi connectivity index (χ1v) is 12.8. The average Bonchev–Trinajstić information content (AvgIpc) is 3.55. The number of aromatic nitrogens is 2. The van der Waals surface area contributed by atoms with Gasteiger partial charge in [-0.1, -0.05) is 11.3 Å². The van der Waals surface area contributed by atoms with E-state index in [-0.39, 0.29) is 5.57 Å². The Hall–Kier alpha value is -3.96. The number of hydrogen-bond donors (Lipinski definition) is 1. The first-order chi connectivity index (χ1) is 17.8. The molecule has 3 heterocycles. The van der Waals surface area contributed by atoms with Gasteiger partial charge in [-0.2, -0.15) is 0 Å².